The minimum Gasteiger partial charge on any atom is -0.379 e. The fraction of sp³-hybridized carbons (Fsp3) is 0.440. The van der Waals surface area contributed by atoms with E-state index >= 15 is 0 Å². The standard InChI is InChI=1S/C25H32N2O3.Cd.2NO3/c1-3-7-23-21(5-1)19-22-6-2-4-8-24(22)25(23)20-27-11-15-28-13-9-26-10-14-29-17-18-30-16-12-27;;2*2-1(3)4/h1-8,19,26H,9-18,20H2;;;/q;+2;2*-1. The van der Waals surface area contributed by atoms with Gasteiger partial charge >= 0.3 is 27.3 Å². The van der Waals surface area contributed by atoms with Crippen LogP contribution in [0.15, 0.2) is 54.6 Å². The van der Waals surface area contributed by atoms with Crippen molar-refractivity contribution in [3.05, 3.63) is 90.8 Å². The van der Waals surface area contributed by atoms with E-state index in [0.717, 1.165) is 45.9 Å². The van der Waals surface area contributed by atoms with Crippen molar-refractivity contribution in [2.45, 2.75) is 6.54 Å². The molecule has 1 fully saturated rings. The van der Waals surface area contributed by atoms with Crippen molar-refractivity contribution >= 4 is 21.5 Å². The maximum absolute atomic E-state index is 8.25. The third-order valence-electron chi connectivity index (χ3n) is 5.59. The summed E-state index contributed by atoms with van der Waals surface area (Å²) in [5, 5.41) is 38.1. The number of nitrogens with zero attached hydrogens (tertiary/aromatic N) is 3. The van der Waals surface area contributed by atoms with Crippen molar-refractivity contribution in [1.82, 2.24) is 10.2 Å². The van der Waals surface area contributed by atoms with Gasteiger partial charge in [-0.3, -0.25) is 4.90 Å². The Morgan fingerprint density at radius 1 is 0.692 bits per heavy atom. The molecule has 0 aromatic heterocycles. The molecule has 14 heteroatoms. The quantitative estimate of drug-likeness (QED) is 0.188. The van der Waals surface area contributed by atoms with Crippen molar-refractivity contribution in [2.75, 3.05) is 65.8 Å². The van der Waals surface area contributed by atoms with E-state index in [0.29, 0.717) is 26.4 Å². The molecule has 0 atom stereocenters. The first-order chi connectivity index (χ1) is 18.4. The molecule has 3 aromatic rings. The molecule has 1 aliphatic heterocycles. The number of fused-ring (bicyclic) bond motifs is 2. The average Bonchev–Trinajstić information content (AvgIpc) is 2.88. The van der Waals surface area contributed by atoms with Gasteiger partial charge in [0.1, 0.15) is 0 Å². The molecule has 1 saturated heterocycles. The van der Waals surface area contributed by atoms with Crippen LogP contribution in [0.4, 0.5) is 0 Å². The van der Waals surface area contributed by atoms with Crippen molar-refractivity contribution in [2.24, 2.45) is 0 Å². The Morgan fingerprint density at radius 3 is 1.59 bits per heavy atom. The Bertz CT molecular complexity index is 1050. The van der Waals surface area contributed by atoms with Gasteiger partial charge in [-0.1, -0.05) is 48.5 Å². The average molecular weight is 645 g/mol. The van der Waals surface area contributed by atoms with E-state index in [1.165, 1.54) is 27.1 Å². The van der Waals surface area contributed by atoms with E-state index in [9.17, 15) is 0 Å². The third-order valence-corrected chi connectivity index (χ3v) is 5.59. The Labute approximate surface area is 246 Å². The molecule has 39 heavy (non-hydrogen) atoms. The molecule has 0 bridgehead atoms. The molecule has 1 heterocycles. The van der Waals surface area contributed by atoms with Crippen LogP contribution < -0.4 is 5.32 Å². The third kappa shape index (κ3) is 14.3. The molecule has 0 amide bonds. The largest absolute Gasteiger partial charge is 2.00 e. The van der Waals surface area contributed by atoms with Gasteiger partial charge in [0.2, 0.25) is 0 Å². The van der Waals surface area contributed by atoms with Gasteiger partial charge in [-0.15, -0.1) is 0 Å². The van der Waals surface area contributed by atoms with Crippen LogP contribution >= 0.6 is 0 Å². The summed E-state index contributed by atoms with van der Waals surface area (Å²) < 4.78 is 17.3. The van der Waals surface area contributed by atoms with Crippen LogP contribution in [0.1, 0.15) is 5.56 Å². The minimum absolute atomic E-state index is 0. The second-order valence-corrected chi connectivity index (χ2v) is 8.11. The summed E-state index contributed by atoms with van der Waals surface area (Å²) in [6.07, 6.45) is 0. The number of nitrogens with one attached hydrogen (secondary N) is 1. The molecule has 1 aliphatic rings. The molecule has 0 spiro atoms. The van der Waals surface area contributed by atoms with Crippen LogP contribution in [0.3, 0.4) is 0 Å². The summed E-state index contributed by atoms with van der Waals surface area (Å²) in [6, 6.07) is 19.7. The van der Waals surface area contributed by atoms with Crippen LogP contribution in [0.5, 0.6) is 0 Å². The van der Waals surface area contributed by atoms with E-state index in [1.807, 2.05) is 0 Å². The Balaban J connectivity index is 0.000000748. The molecule has 0 unspecified atom stereocenters. The molecule has 0 saturated carbocycles. The minimum atomic E-state index is -1.75. The smallest absolute Gasteiger partial charge is 0.379 e. The first kappa shape index (κ1) is 34.3. The zero-order valence-electron chi connectivity index (χ0n) is 21.7. The summed E-state index contributed by atoms with van der Waals surface area (Å²) in [5.41, 5.74) is 1.38. The van der Waals surface area contributed by atoms with Gasteiger partial charge < -0.3 is 50.2 Å². The molecule has 0 radical (unpaired) electrons. The topological polar surface area (TPSA) is 175 Å². The van der Waals surface area contributed by atoms with Crippen LogP contribution in [-0.4, -0.2) is 80.9 Å². The zero-order chi connectivity index (χ0) is 27.6. The van der Waals surface area contributed by atoms with Gasteiger partial charge in [0, 0.05) is 32.7 Å². The van der Waals surface area contributed by atoms with Gasteiger partial charge in [-0.2, -0.15) is 0 Å². The monoisotopic (exact) mass is 646 g/mol. The Kier molecular flexibility index (Phi) is 17.8. The van der Waals surface area contributed by atoms with Crippen LogP contribution in [0, 0.1) is 30.6 Å². The predicted molar refractivity (Wildman–Crippen MR) is 143 cm³/mol. The van der Waals surface area contributed by atoms with Crippen molar-refractivity contribution < 1.29 is 51.7 Å². The summed E-state index contributed by atoms with van der Waals surface area (Å²) in [6.45, 7) is 8.49. The molecule has 208 valence electrons. The number of benzene rings is 3. The Morgan fingerprint density at radius 2 is 1.10 bits per heavy atom. The molecular formula is C25H32CdN4O9. The van der Waals surface area contributed by atoms with Crippen molar-refractivity contribution in [3.63, 3.8) is 0 Å². The zero-order valence-corrected chi connectivity index (χ0v) is 25.7. The van der Waals surface area contributed by atoms with Crippen LogP contribution in [0.2, 0.25) is 0 Å². The fourth-order valence-corrected chi connectivity index (χ4v) is 4.00. The normalized spacial score (nSPS) is 15.7. The fourth-order valence-electron chi connectivity index (χ4n) is 4.00. The van der Waals surface area contributed by atoms with Gasteiger partial charge in [-0.25, -0.2) is 0 Å². The van der Waals surface area contributed by atoms with Crippen LogP contribution in [0.25, 0.3) is 21.5 Å². The second kappa shape index (κ2) is 20.2. The van der Waals surface area contributed by atoms with E-state index < -0.39 is 10.2 Å². The number of hydrogen-bond acceptors (Lipinski definition) is 11. The van der Waals surface area contributed by atoms with Crippen LogP contribution in [-0.2, 0) is 48.1 Å². The molecule has 13 nitrogen and oxygen atoms in total. The molecule has 0 aliphatic carbocycles. The van der Waals surface area contributed by atoms with E-state index in [1.54, 1.807) is 0 Å². The Hall–Kier alpha value is -2.70. The van der Waals surface area contributed by atoms with Gasteiger partial charge in [-0.05, 0) is 33.2 Å². The van der Waals surface area contributed by atoms with E-state index in [4.69, 9.17) is 44.9 Å². The number of hydrogen-bond donors (Lipinski definition) is 1. The van der Waals surface area contributed by atoms with Gasteiger partial charge in [0.15, 0.2) is 0 Å². The predicted octanol–water partition coefficient (Wildman–Crippen LogP) is 2.97. The summed E-state index contributed by atoms with van der Waals surface area (Å²) in [7, 11) is 0. The van der Waals surface area contributed by atoms with E-state index in [-0.39, 0.29) is 27.3 Å². The maximum atomic E-state index is 8.25. The first-order valence-electron chi connectivity index (χ1n) is 12.1. The number of rotatable bonds is 2. The molecule has 1 N–H and O–H groups in total. The first-order valence-corrected chi connectivity index (χ1v) is 12.1. The maximum Gasteiger partial charge on any atom is 2.00 e. The molecule has 4 rings (SSSR count). The van der Waals surface area contributed by atoms with Crippen molar-refractivity contribution in [3.8, 4) is 0 Å². The van der Waals surface area contributed by atoms with Crippen molar-refractivity contribution in [1.29, 1.82) is 0 Å². The summed E-state index contributed by atoms with van der Waals surface area (Å²) in [5.74, 6) is 0. The molecular weight excluding hydrogens is 613 g/mol. The van der Waals surface area contributed by atoms with E-state index in [2.05, 4.69) is 64.8 Å². The van der Waals surface area contributed by atoms with Gasteiger partial charge in [0.05, 0.1) is 49.8 Å². The molecule has 3 aromatic carbocycles. The second-order valence-electron chi connectivity index (χ2n) is 8.11. The number of ether oxygens (including phenoxy) is 3. The SMILES string of the molecule is O=[N+]([O-])[O-].O=[N+]([O-])[O-].[Cd+2].c1ccc2c(CN3CCOCCNCCOCCOCC3)c3ccccc3cc2c1. The summed E-state index contributed by atoms with van der Waals surface area (Å²) >= 11 is 0. The van der Waals surface area contributed by atoms with Gasteiger partial charge in [0.25, 0.3) is 0 Å². The summed E-state index contributed by atoms with van der Waals surface area (Å²) in [4.78, 5) is 18.9.